The molecule has 9 heteroatoms. The van der Waals surface area contributed by atoms with Crippen LogP contribution in [0.1, 0.15) is 11.1 Å². The summed E-state index contributed by atoms with van der Waals surface area (Å²) in [7, 11) is 0. The first-order chi connectivity index (χ1) is 8.01. The van der Waals surface area contributed by atoms with E-state index in [0.29, 0.717) is 6.07 Å². The van der Waals surface area contributed by atoms with E-state index in [4.69, 9.17) is 0 Å². The number of hydrogen-bond acceptors (Lipinski definition) is 1. The smallest absolute Gasteiger partial charge is 0.351 e. The quantitative estimate of drug-likeness (QED) is 0.758. The highest BCUT2D eigenvalue weighted by atomic mass is 19.4. The third kappa shape index (κ3) is 3.28. The van der Waals surface area contributed by atoms with Gasteiger partial charge in [0.1, 0.15) is 0 Å². The maximum Gasteiger partial charge on any atom is 0.417 e. The first-order valence-corrected chi connectivity index (χ1v) is 4.36. The van der Waals surface area contributed by atoms with E-state index < -0.39 is 35.2 Å². The van der Waals surface area contributed by atoms with E-state index in [0.717, 1.165) is 0 Å². The average molecular weight is 272 g/mol. The summed E-state index contributed by atoms with van der Waals surface area (Å²) in [6.45, 7) is 0. The Hall–Kier alpha value is -1.93. The Morgan fingerprint density at radius 3 is 1.89 bits per heavy atom. The molecule has 3 N–H and O–H groups in total. The van der Waals surface area contributed by atoms with Crippen molar-refractivity contribution < 1.29 is 31.1 Å². The molecule has 0 aliphatic heterocycles. The summed E-state index contributed by atoms with van der Waals surface area (Å²) in [5.74, 6) is 0. The number of amides is 2. The van der Waals surface area contributed by atoms with Crippen molar-refractivity contribution in [1.82, 2.24) is 0 Å². The lowest BCUT2D eigenvalue weighted by molar-refractivity contribution is -0.162. The maximum atomic E-state index is 12.5. The van der Waals surface area contributed by atoms with Gasteiger partial charge in [0.15, 0.2) is 0 Å². The van der Waals surface area contributed by atoms with Crippen LogP contribution in [0.25, 0.3) is 0 Å². The van der Waals surface area contributed by atoms with Crippen LogP contribution in [0.15, 0.2) is 18.2 Å². The van der Waals surface area contributed by atoms with Crippen LogP contribution in [0.5, 0.6) is 0 Å². The predicted octanol–water partition coefficient (Wildman–Crippen LogP) is 3.21. The minimum Gasteiger partial charge on any atom is -0.351 e. The number of anilines is 1. The molecule has 0 radical (unpaired) electrons. The molecule has 0 unspecified atom stereocenters. The van der Waals surface area contributed by atoms with Crippen LogP contribution >= 0.6 is 0 Å². The lowest BCUT2D eigenvalue weighted by Crippen LogP contribution is -2.21. The highest BCUT2D eigenvalue weighted by Gasteiger charge is 2.43. The molecule has 0 spiro atoms. The average Bonchev–Trinajstić information content (AvgIpc) is 2.13. The van der Waals surface area contributed by atoms with Gasteiger partial charge in [0.05, 0.1) is 11.1 Å². The van der Waals surface area contributed by atoms with Gasteiger partial charge in [-0.05, 0) is 18.2 Å². The van der Waals surface area contributed by atoms with Gasteiger partial charge in [0.2, 0.25) is 0 Å². The molecule has 100 valence electrons. The minimum atomic E-state index is -5.19. The standard InChI is InChI=1S/C9H6F6N2O/c10-8(11,12)5-2-1-4(17-7(16)18)3-6(5)9(13,14)15/h1-3H,(H3,16,17,18). The summed E-state index contributed by atoms with van der Waals surface area (Å²) in [4.78, 5) is 10.4. The van der Waals surface area contributed by atoms with Gasteiger partial charge in [-0.3, -0.25) is 0 Å². The zero-order valence-corrected chi connectivity index (χ0v) is 8.49. The van der Waals surface area contributed by atoms with Crippen molar-refractivity contribution in [3.05, 3.63) is 29.3 Å². The van der Waals surface area contributed by atoms with Crippen LogP contribution in [0.3, 0.4) is 0 Å². The van der Waals surface area contributed by atoms with E-state index in [2.05, 4.69) is 5.73 Å². The van der Waals surface area contributed by atoms with Gasteiger partial charge < -0.3 is 11.1 Å². The summed E-state index contributed by atoms with van der Waals surface area (Å²) in [5.41, 5.74) is 0.468. The van der Waals surface area contributed by atoms with Crippen molar-refractivity contribution in [2.45, 2.75) is 12.4 Å². The molecule has 3 nitrogen and oxygen atoms in total. The molecule has 0 saturated heterocycles. The largest absolute Gasteiger partial charge is 0.417 e. The monoisotopic (exact) mass is 272 g/mol. The van der Waals surface area contributed by atoms with Crippen molar-refractivity contribution in [3.8, 4) is 0 Å². The molecule has 1 aromatic carbocycles. The number of carbonyl (C=O) groups is 1. The summed E-state index contributed by atoms with van der Waals surface area (Å²) in [6, 6.07) is -0.0901. The van der Waals surface area contributed by atoms with Crippen molar-refractivity contribution in [1.29, 1.82) is 0 Å². The number of benzene rings is 1. The third-order valence-electron chi connectivity index (χ3n) is 1.90. The Morgan fingerprint density at radius 1 is 1.00 bits per heavy atom. The van der Waals surface area contributed by atoms with Crippen LogP contribution in [0.2, 0.25) is 0 Å². The molecule has 0 aromatic heterocycles. The Bertz CT molecular complexity index is 465. The Balaban J connectivity index is 3.35. The lowest BCUT2D eigenvalue weighted by Gasteiger charge is -2.16. The fourth-order valence-corrected chi connectivity index (χ4v) is 1.25. The number of nitrogens with one attached hydrogen (secondary N) is 1. The number of primary amides is 1. The second kappa shape index (κ2) is 4.39. The molecule has 0 heterocycles. The zero-order chi connectivity index (χ0) is 14.1. The van der Waals surface area contributed by atoms with Crippen molar-refractivity contribution in [3.63, 3.8) is 0 Å². The van der Waals surface area contributed by atoms with Crippen LogP contribution in [0.4, 0.5) is 36.8 Å². The van der Waals surface area contributed by atoms with Crippen molar-refractivity contribution in [2.24, 2.45) is 5.73 Å². The summed E-state index contributed by atoms with van der Waals surface area (Å²) < 4.78 is 74.4. The number of nitrogens with two attached hydrogens (primary N) is 1. The molecule has 1 rings (SSSR count). The van der Waals surface area contributed by atoms with E-state index >= 15 is 0 Å². The second-order valence-electron chi connectivity index (χ2n) is 3.25. The predicted molar refractivity (Wildman–Crippen MR) is 49.7 cm³/mol. The number of rotatable bonds is 1. The number of alkyl halides is 6. The molecular formula is C9H6F6N2O. The molecule has 0 aliphatic rings. The van der Waals surface area contributed by atoms with Crippen LogP contribution < -0.4 is 11.1 Å². The molecular weight excluding hydrogens is 266 g/mol. The lowest BCUT2D eigenvalue weighted by atomic mass is 10.1. The van der Waals surface area contributed by atoms with Gasteiger partial charge >= 0.3 is 18.4 Å². The Labute approximate surface area is 96.6 Å². The molecule has 0 saturated carbocycles. The van der Waals surface area contributed by atoms with Crippen LogP contribution in [-0.2, 0) is 12.4 Å². The van der Waals surface area contributed by atoms with E-state index in [1.165, 1.54) is 0 Å². The molecule has 18 heavy (non-hydrogen) atoms. The number of halogens is 6. The van der Waals surface area contributed by atoms with Crippen molar-refractivity contribution in [2.75, 3.05) is 5.32 Å². The van der Waals surface area contributed by atoms with Gasteiger partial charge in [0.25, 0.3) is 0 Å². The Morgan fingerprint density at radius 2 is 1.50 bits per heavy atom. The number of urea groups is 1. The van der Waals surface area contributed by atoms with Crippen molar-refractivity contribution >= 4 is 11.7 Å². The van der Waals surface area contributed by atoms with E-state index in [1.54, 1.807) is 5.32 Å². The number of hydrogen-bond donors (Lipinski definition) is 2. The highest BCUT2D eigenvalue weighted by Crippen LogP contribution is 2.41. The normalized spacial score (nSPS) is 12.3. The fraction of sp³-hybridized carbons (Fsp3) is 0.222. The minimum absolute atomic E-state index is 0.174. The maximum absolute atomic E-state index is 12.5. The van der Waals surface area contributed by atoms with Gasteiger partial charge in [-0.25, -0.2) is 4.79 Å². The van der Waals surface area contributed by atoms with Gasteiger partial charge in [-0.2, -0.15) is 26.3 Å². The van der Waals surface area contributed by atoms with E-state index in [-0.39, 0.29) is 12.1 Å². The molecule has 0 bridgehead atoms. The van der Waals surface area contributed by atoms with Gasteiger partial charge in [-0.1, -0.05) is 0 Å². The van der Waals surface area contributed by atoms with Gasteiger partial charge in [0, 0.05) is 5.69 Å². The molecule has 0 aliphatic carbocycles. The first-order valence-electron chi connectivity index (χ1n) is 4.36. The van der Waals surface area contributed by atoms with Crippen LogP contribution in [-0.4, -0.2) is 6.03 Å². The fourth-order valence-electron chi connectivity index (χ4n) is 1.25. The summed E-state index contributed by atoms with van der Waals surface area (Å²) >= 11 is 0. The summed E-state index contributed by atoms with van der Waals surface area (Å²) in [5, 5.41) is 1.77. The molecule has 1 aromatic rings. The van der Waals surface area contributed by atoms with Crippen LogP contribution in [0, 0.1) is 0 Å². The molecule has 0 fully saturated rings. The SMILES string of the molecule is NC(=O)Nc1ccc(C(F)(F)F)c(C(F)(F)F)c1. The van der Waals surface area contributed by atoms with Gasteiger partial charge in [-0.15, -0.1) is 0 Å². The molecule has 0 atom stereocenters. The highest BCUT2D eigenvalue weighted by molar-refractivity contribution is 5.87. The first kappa shape index (κ1) is 14.1. The second-order valence-corrected chi connectivity index (χ2v) is 3.25. The van der Waals surface area contributed by atoms with E-state index in [1.807, 2.05) is 0 Å². The topological polar surface area (TPSA) is 55.1 Å². The number of carbonyl (C=O) groups excluding carboxylic acids is 1. The zero-order valence-electron chi connectivity index (χ0n) is 8.49. The summed E-state index contributed by atoms with van der Waals surface area (Å²) in [6.07, 6.45) is -10.3. The molecule has 2 amide bonds. The third-order valence-corrected chi connectivity index (χ3v) is 1.90. The Kier molecular flexibility index (Phi) is 3.45. The van der Waals surface area contributed by atoms with E-state index in [9.17, 15) is 31.1 Å².